The average Bonchev–Trinajstić information content (AvgIpc) is 3.44. The largest absolute Gasteiger partial charge is 0.492 e. The van der Waals surface area contributed by atoms with Crippen LogP contribution in [0, 0.1) is 16.7 Å². The van der Waals surface area contributed by atoms with Crippen LogP contribution in [0.5, 0.6) is 11.5 Å². The predicted octanol–water partition coefficient (Wildman–Crippen LogP) is 4.47. The van der Waals surface area contributed by atoms with Gasteiger partial charge in [-0.25, -0.2) is 8.42 Å². The number of furan rings is 1. The number of amides is 1. The molecule has 190 valence electrons. The highest BCUT2D eigenvalue weighted by molar-refractivity contribution is 7.92. The molecular weight excluding hydrogens is 472 g/mol. The van der Waals surface area contributed by atoms with Crippen LogP contribution in [0.2, 0.25) is 0 Å². The maximum Gasteiger partial charge on any atom is 0.291 e. The lowest BCUT2D eigenvalue weighted by Crippen LogP contribution is -2.43. The highest BCUT2D eigenvalue weighted by atomic mass is 32.2. The Balaban J connectivity index is 1.65. The Morgan fingerprint density at radius 1 is 1.14 bits per heavy atom. The summed E-state index contributed by atoms with van der Waals surface area (Å²) in [6, 6.07) is 6.13. The molecule has 2 aromatic rings. The molecule has 1 aromatic carbocycles. The Morgan fingerprint density at radius 3 is 2.34 bits per heavy atom. The second kappa shape index (κ2) is 9.22. The van der Waals surface area contributed by atoms with Gasteiger partial charge in [-0.2, -0.15) is 0 Å². The molecule has 0 spiro atoms. The quantitative estimate of drug-likeness (QED) is 0.489. The summed E-state index contributed by atoms with van der Waals surface area (Å²) in [6.45, 7) is 8.11. The normalized spacial score (nSPS) is 22.7. The molecule has 2 aliphatic carbocycles. The van der Waals surface area contributed by atoms with Gasteiger partial charge < -0.3 is 19.2 Å². The van der Waals surface area contributed by atoms with Gasteiger partial charge in [-0.15, -0.1) is 0 Å². The first-order valence-electron chi connectivity index (χ1n) is 11.8. The summed E-state index contributed by atoms with van der Waals surface area (Å²) in [4.78, 5) is 25.4. The summed E-state index contributed by atoms with van der Waals surface area (Å²) in [6.07, 6.45) is 3.26. The minimum Gasteiger partial charge on any atom is -0.492 e. The number of Topliss-reactive ketones (excluding diaryl/α,β-unsaturated/α-hetero) is 1. The van der Waals surface area contributed by atoms with Crippen molar-refractivity contribution in [1.82, 2.24) is 0 Å². The lowest BCUT2D eigenvalue weighted by atomic mass is 9.70. The molecule has 35 heavy (non-hydrogen) atoms. The van der Waals surface area contributed by atoms with Gasteiger partial charge >= 0.3 is 0 Å². The van der Waals surface area contributed by atoms with Crippen LogP contribution in [0.4, 0.5) is 11.4 Å². The fourth-order valence-corrected chi connectivity index (χ4v) is 7.41. The molecule has 2 atom stereocenters. The van der Waals surface area contributed by atoms with Crippen LogP contribution in [-0.4, -0.2) is 39.1 Å². The van der Waals surface area contributed by atoms with Gasteiger partial charge in [-0.1, -0.05) is 13.8 Å². The zero-order valence-corrected chi connectivity index (χ0v) is 21.3. The monoisotopic (exact) mass is 504 g/mol. The highest BCUT2D eigenvalue weighted by Crippen LogP contribution is 2.64. The molecule has 2 bridgehead atoms. The first-order valence-corrected chi connectivity index (χ1v) is 13.5. The number of carbonyl (C=O) groups excluding carboxylic acids is 2. The lowest BCUT2D eigenvalue weighted by Gasteiger charge is -2.36. The van der Waals surface area contributed by atoms with E-state index in [-0.39, 0.29) is 59.0 Å². The van der Waals surface area contributed by atoms with Crippen molar-refractivity contribution in [3.63, 3.8) is 0 Å². The lowest BCUT2D eigenvalue weighted by molar-refractivity contribution is -0.128. The van der Waals surface area contributed by atoms with E-state index in [1.54, 1.807) is 19.9 Å². The van der Waals surface area contributed by atoms with E-state index < -0.39 is 21.3 Å². The van der Waals surface area contributed by atoms with Crippen LogP contribution >= 0.6 is 0 Å². The summed E-state index contributed by atoms with van der Waals surface area (Å²) >= 11 is 0. The Morgan fingerprint density at radius 2 is 1.80 bits per heavy atom. The zero-order valence-electron chi connectivity index (χ0n) is 20.5. The molecule has 2 fully saturated rings. The van der Waals surface area contributed by atoms with Gasteiger partial charge in [0.1, 0.15) is 17.3 Å². The van der Waals surface area contributed by atoms with Gasteiger partial charge in [0.25, 0.3) is 5.91 Å². The van der Waals surface area contributed by atoms with E-state index in [9.17, 15) is 18.0 Å². The minimum atomic E-state index is -3.92. The molecule has 1 aromatic heterocycles. The highest BCUT2D eigenvalue weighted by Gasteiger charge is 2.65. The molecule has 1 amide bonds. The fourth-order valence-electron chi connectivity index (χ4n) is 5.52. The first kappa shape index (κ1) is 25.1. The number of ketones is 1. The number of hydrogen-bond acceptors (Lipinski definition) is 7. The van der Waals surface area contributed by atoms with Crippen molar-refractivity contribution in [1.29, 1.82) is 0 Å². The number of ether oxygens (including phenoxy) is 2. The van der Waals surface area contributed by atoms with Crippen molar-refractivity contribution < 1.29 is 31.9 Å². The van der Waals surface area contributed by atoms with E-state index in [2.05, 4.69) is 10.0 Å². The van der Waals surface area contributed by atoms with E-state index >= 15 is 0 Å². The van der Waals surface area contributed by atoms with Crippen molar-refractivity contribution in [3.8, 4) is 11.5 Å². The van der Waals surface area contributed by atoms with Gasteiger partial charge in [0.2, 0.25) is 10.0 Å². The number of fused-ring (bicyclic) bond motifs is 2. The van der Waals surface area contributed by atoms with Gasteiger partial charge in [0.05, 0.1) is 42.0 Å². The van der Waals surface area contributed by atoms with Crippen molar-refractivity contribution in [3.05, 3.63) is 36.3 Å². The number of carbonyl (C=O) groups is 2. The summed E-state index contributed by atoms with van der Waals surface area (Å²) in [5, 5.41) is 2.72. The average molecular weight is 505 g/mol. The van der Waals surface area contributed by atoms with E-state index in [0.29, 0.717) is 18.5 Å². The van der Waals surface area contributed by atoms with E-state index in [1.165, 1.54) is 24.5 Å². The Hall–Kier alpha value is -3.01. The molecular formula is C25H32N2O7S. The summed E-state index contributed by atoms with van der Waals surface area (Å²) in [5.74, 6) is 0.0928. The molecule has 4 rings (SSSR count). The molecule has 0 radical (unpaired) electrons. The van der Waals surface area contributed by atoms with Gasteiger partial charge in [0, 0.05) is 18.6 Å². The summed E-state index contributed by atoms with van der Waals surface area (Å²) in [7, 11) is -3.92. The van der Waals surface area contributed by atoms with E-state index in [4.69, 9.17) is 13.9 Å². The molecule has 10 heteroatoms. The van der Waals surface area contributed by atoms with Crippen LogP contribution in [0.1, 0.15) is 57.5 Å². The Labute approximate surface area is 205 Å². The minimum absolute atomic E-state index is 0.0279. The van der Waals surface area contributed by atoms with Crippen LogP contribution in [0.25, 0.3) is 0 Å². The first-order chi connectivity index (χ1) is 16.5. The number of rotatable bonds is 10. The zero-order chi connectivity index (χ0) is 25.4. The van der Waals surface area contributed by atoms with Crippen LogP contribution < -0.4 is 19.5 Å². The standard InChI is InChI=1S/C25H32N2O7S/c1-5-32-20-14-18(21(33-6-2)13-17(20)26-23(29)19-8-7-11-34-19)27-35(30,31)15-25-10-9-16(12-22(25)28)24(25,3)4/h7-8,11,13-14,16,27H,5-6,9-10,12,15H2,1-4H3,(H,26,29). The number of hydrogen-bond donors (Lipinski definition) is 2. The molecule has 2 aliphatic rings. The smallest absolute Gasteiger partial charge is 0.291 e. The van der Waals surface area contributed by atoms with Gasteiger partial charge in [-0.3, -0.25) is 14.3 Å². The third-order valence-corrected chi connectivity index (χ3v) is 8.92. The maximum absolute atomic E-state index is 13.4. The summed E-state index contributed by atoms with van der Waals surface area (Å²) in [5.41, 5.74) is -0.781. The second-order valence-corrected chi connectivity index (χ2v) is 11.4. The SMILES string of the molecule is CCOc1cc(NS(=O)(=O)CC23CCC(CC2=O)C3(C)C)c(OCC)cc1NC(=O)c1ccco1. The number of sulfonamides is 1. The summed E-state index contributed by atoms with van der Waals surface area (Å²) < 4.78 is 45.9. The predicted molar refractivity (Wildman–Crippen MR) is 131 cm³/mol. The molecule has 9 nitrogen and oxygen atoms in total. The van der Waals surface area contributed by atoms with E-state index in [1.807, 2.05) is 13.8 Å². The maximum atomic E-state index is 13.4. The molecule has 2 unspecified atom stereocenters. The van der Waals surface area contributed by atoms with Crippen molar-refractivity contribution in [2.24, 2.45) is 16.7 Å². The number of benzene rings is 1. The van der Waals surface area contributed by atoms with E-state index in [0.717, 1.165) is 6.42 Å². The molecule has 2 saturated carbocycles. The third kappa shape index (κ3) is 4.51. The molecule has 1 heterocycles. The molecule has 0 aliphatic heterocycles. The van der Waals surface area contributed by atoms with Crippen LogP contribution in [0.15, 0.2) is 34.9 Å². The third-order valence-electron chi connectivity index (χ3n) is 7.52. The Bertz CT molecular complexity index is 1220. The number of nitrogens with one attached hydrogen (secondary N) is 2. The molecule has 2 N–H and O–H groups in total. The van der Waals surface area contributed by atoms with Crippen molar-refractivity contribution in [2.45, 2.75) is 47.0 Å². The van der Waals surface area contributed by atoms with Crippen molar-refractivity contribution >= 4 is 33.1 Å². The fraction of sp³-hybridized carbons (Fsp3) is 0.520. The van der Waals surface area contributed by atoms with Gasteiger partial charge in [0.15, 0.2) is 5.76 Å². The van der Waals surface area contributed by atoms with Crippen LogP contribution in [-0.2, 0) is 14.8 Å². The Kier molecular flexibility index (Phi) is 6.61. The van der Waals surface area contributed by atoms with Crippen LogP contribution in [0.3, 0.4) is 0 Å². The molecule has 0 saturated heterocycles. The van der Waals surface area contributed by atoms with Crippen molar-refractivity contribution in [2.75, 3.05) is 29.0 Å². The van der Waals surface area contributed by atoms with Gasteiger partial charge in [-0.05, 0) is 50.2 Å². The topological polar surface area (TPSA) is 124 Å². The number of anilines is 2. The second-order valence-electron chi connectivity index (χ2n) is 9.67.